The minimum Gasteiger partial charge on any atom is -0.497 e. The van der Waals surface area contributed by atoms with E-state index in [0.717, 1.165) is 83.5 Å². The number of hydrogen-bond donors (Lipinski definition) is 1. The standard InChI is InChI=1S/C27H28N4O4/c1-32-20-2-3-25-18(9-20)8-19(15-35-25)23-12-21-24(30-23)10-17(22-4-6-29-27(28)31-22)11-26(21)34-14-16-5-7-33-13-16/h2-4,6,9-11,16,19H,5,7-8,12-15H2,1H3,(H2,28,29,31). The van der Waals surface area contributed by atoms with Crippen LogP contribution in [0.15, 0.2) is 47.6 Å². The number of methoxy groups -OCH3 is 1. The third kappa shape index (κ3) is 4.41. The van der Waals surface area contributed by atoms with E-state index in [1.54, 1.807) is 13.3 Å². The highest BCUT2D eigenvalue weighted by Crippen LogP contribution is 2.42. The lowest BCUT2D eigenvalue weighted by Crippen LogP contribution is -2.28. The van der Waals surface area contributed by atoms with Gasteiger partial charge in [0.05, 0.1) is 38.3 Å². The Kier molecular flexibility index (Phi) is 5.74. The van der Waals surface area contributed by atoms with Crippen LogP contribution < -0.4 is 19.9 Å². The lowest BCUT2D eigenvalue weighted by molar-refractivity contribution is 0.167. The predicted molar refractivity (Wildman–Crippen MR) is 133 cm³/mol. The van der Waals surface area contributed by atoms with Gasteiger partial charge in [0.2, 0.25) is 5.95 Å². The Morgan fingerprint density at radius 3 is 2.91 bits per heavy atom. The Hall–Kier alpha value is -3.65. The highest BCUT2D eigenvalue weighted by molar-refractivity contribution is 5.98. The van der Waals surface area contributed by atoms with Gasteiger partial charge in [-0.3, -0.25) is 4.99 Å². The molecule has 3 aliphatic heterocycles. The van der Waals surface area contributed by atoms with Crippen molar-refractivity contribution in [3.8, 4) is 28.5 Å². The van der Waals surface area contributed by atoms with Crippen molar-refractivity contribution < 1.29 is 18.9 Å². The molecule has 35 heavy (non-hydrogen) atoms. The number of anilines is 1. The molecule has 8 nitrogen and oxygen atoms in total. The SMILES string of the molecule is COc1ccc2c(c1)CC(C1=Nc3cc(-c4ccnc(N)n4)cc(OCC4CCOC4)c3C1)CO2. The fourth-order valence-corrected chi connectivity index (χ4v) is 4.96. The minimum atomic E-state index is 0.191. The van der Waals surface area contributed by atoms with Gasteiger partial charge < -0.3 is 24.7 Å². The van der Waals surface area contributed by atoms with Crippen LogP contribution in [0.5, 0.6) is 17.2 Å². The zero-order chi connectivity index (χ0) is 23.8. The van der Waals surface area contributed by atoms with Crippen LogP contribution in [-0.4, -0.2) is 49.2 Å². The number of rotatable bonds is 6. The van der Waals surface area contributed by atoms with E-state index < -0.39 is 0 Å². The molecule has 2 unspecified atom stereocenters. The number of hydrogen-bond acceptors (Lipinski definition) is 8. The van der Waals surface area contributed by atoms with Gasteiger partial charge in [-0.2, -0.15) is 0 Å². The first kappa shape index (κ1) is 21.9. The van der Waals surface area contributed by atoms with Crippen LogP contribution in [0.25, 0.3) is 11.3 Å². The van der Waals surface area contributed by atoms with Crippen LogP contribution in [0.1, 0.15) is 17.5 Å². The highest BCUT2D eigenvalue weighted by atomic mass is 16.5. The van der Waals surface area contributed by atoms with Gasteiger partial charge in [0, 0.05) is 47.9 Å². The molecule has 6 rings (SSSR count). The zero-order valence-corrected chi connectivity index (χ0v) is 19.7. The van der Waals surface area contributed by atoms with Crippen molar-refractivity contribution in [3.63, 3.8) is 0 Å². The summed E-state index contributed by atoms with van der Waals surface area (Å²) in [5.41, 5.74) is 11.8. The van der Waals surface area contributed by atoms with Crippen LogP contribution in [0.4, 0.5) is 11.6 Å². The highest BCUT2D eigenvalue weighted by Gasteiger charge is 2.30. The molecule has 3 aliphatic rings. The van der Waals surface area contributed by atoms with Crippen LogP contribution in [0.2, 0.25) is 0 Å². The van der Waals surface area contributed by atoms with Crippen molar-refractivity contribution in [2.45, 2.75) is 19.3 Å². The van der Waals surface area contributed by atoms with Gasteiger partial charge >= 0.3 is 0 Å². The number of fused-ring (bicyclic) bond motifs is 2. The molecule has 0 saturated carbocycles. The maximum Gasteiger partial charge on any atom is 0.220 e. The number of nitrogens with two attached hydrogens (primary N) is 1. The Labute approximate surface area is 204 Å². The number of nitrogen functional groups attached to an aromatic ring is 1. The molecule has 1 fully saturated rings. The summed E-state index contributed by atoms with van der Waals surface area (Å²) < 4.78 is 23.4. The first-order valence-corrected chi connectivity index (χ1v) is 12.0. The van der Waals surface area contributed by atoms with E-state index in [2.05, 4.69) is 22.1 Å². The van der Waals surface area contributed by atoms with E-state index in [1.807, 2.05) is 24.3 Å². The van der Waals surface area contributed by atoms with Crippen LogP contribution in [0, 0.1) is 11.8 Å². The average Bonchev–Trinajstić information content (AvgIpc) is 3.56. The molecule has 2 atom stereocenters. The van der Waals surface area contributed by atoms with Gasteiger partial charge in [0.1, 0.15) is 17.2 Å². The van der Waals surface area contributed by atoms with E-state index in [1.165, 1.54) is 0 Å². The Morgan fingerprint density at radius 1 is 1.14 bits per heavy atom. The average molecular weight is 473 g/mol. The van der Waals surface area contributed by atoms with Crippen molar-refractivity contribution in [1.82, 2.24) is 9.97 Å². The second-order valence-electron chi connectivity index (χ2n) is 9.28. The molecule has 0 amide bonds. The molecule has 1 aromatic heterocycles. The molecular weight excluding hydrogens is 444 g/mol. The molecular formula is C27H28N4O4. The Morgan fingerprint density at radius 2 is 2.09 bits per heavy atom. The summed E-state index contributed by atoms with van der Waals surface area (Å²) in [5, 5.41) is 0. The quantitative estimate of drug-likeness (QED) is 0.578. The fourth-order valence-electron chi connectivity index (χ4n) is 4.96. The van der Waals surface area contributed by atoms with E-state index in [-0.39, 0.29) is 11.9 Å². The van der Waals surface area contributed by atoms with Crippen molar-refractivity contribution in [3.05, 3.63) is 53.7 Å². The molecule has 2 aromatic carbocycles. The van der Waals surface area contributed by atoms with Crippen molar-refractivity contribution in [2.75, 3.05) is 39.3 Å². The van der Waals surface area contributed by atoms with E-state index >= 15 is 0 Å². The smallest absolute Gasteiger partial charge is 0.220 e. The number of ether oxygens (including phenoxy) is 4. The number of benzene rings is 2. The van der Waals surface area contributed by atoms with Crippen molar-refractivity contribution >= 4 is 17.3 Å². The lowest BCUT2D eigenvalue weighted by atomic mass is 9.90. The summed E-state index contributed by atoms with van der Waals surface area (Å²) in [6.45, 7) is 2.77. The van der Waals surface area contributed by atoms with Gasteiger partial charge in [-0.05, 0) is 54.8 Å². The van der Waals surface area contributed by atoms with E-state index in [0.29, 0.717) is 19.1 Å². The zero-order valence-electron chi connectivity index (χ0n) is 19.7. The summed E-state index contributed by atoms with van der Waals surface area (Å²) in [7, 11) is 1.68. The van der Waals surface area contributed by atoms with Crippen molar-refractivity contribution in [1.29, 1.82) is 0 Å². The Balaban J connectivity index is 1.30. The molecule has 8 heteroatoms. The number of aromatic nitrogens is 2. The van der Waals surface area contributed by atoms with Crippen LogP contribution >= 0.6 is 0 Å². The molecule has 180 valence electrons. The second kappa shape index (κ2) is 9.19. The maximum absolute atomic E-state index is 6.37. The van der Waals surface area contributed by atoms with E-state index in [9.17, 15) is 0 Å². The first-order valence-electron chi connectivity index (χ1n) is 12.0. The minimum absolute atomic E-state index is 0.191. The van der Waals surface area contributed by atoms with Crippen LogP contribution in [-0.2, 0) is 17.6 Å². The monoisotopic (exact) mass is 472 g/mol. The number of aliphatic imine (C=N–C) groups is 1. The van der Waals surface area contributed by atoms with E-state index in [4.69, 9.17) is 29.7 Å². The fraction of sp³-hybridized carbons (Fsp3) is 0.370. The molecule has 0 spiro atoms. The van der Waals surface area contributed by atoms with Gasteiger partial charge in [-0.15, -0.1) is 0 Å². The first-order chi connectivity index (χ1) is 17.2. The molecule has 0 aliphatic carbocycles. The molecule has 0 radical (unpaired) electrons. The third-order valence-electron chi connectivity index (χ3n) is 6.92. The van der Waals surface area contributed by atoms with Gasteiger partial charge in [-0.25, -0.2) is 9.97 Å². The second-order valence-corrected chi connectivity index (χ2v) is 9.28. The third-order valence-corrected chi connectivity index (χ3v) is 6.92. The predicted octanol–water partition coefficient (Wildman–Crippen LogP) is 4.03. The topological polar surface area (TPSA) is 101 Å². The summed E-state index contributed by atoms with van der Waals surface area (Å²) in [6, 6.07) is 11.9. The molecule has 4 heterocycles. The number of nitrogens with zero attached hydrogens (tertiary/aromatic N) is 3. The summed E-state index contributed by atoms with van der Waals surface area (Å²) >= 11 is 0. The molecule has 0 bridgehead atoms. The van der Waals surface area contributed by atoms with Crippen molar-refractivity contribution in [2.24, 2.45) is 16.8 Å². The van der Waals surface area contributed by atoms with Gasteiger partial charge in [0.15, 0.2) is 0 Å². The maximum atomic E-state index is 6.37. The van der Waals surface area contributed by atoms with Crippen LogP contribution in [0.3, 0.4) is 0 Å². The van der Waals surface area contributed by atoms with Gasteiger partial charge in [-0.1, -0.05) is 0 Å². The summed E-state index contributed by atoms with van der Waals surface area (Å²) in [6.07, 6.45) is 4.30. The summed E-state index contributed by atoms with van der Waals surface area (Å²) in [4.78, 5) is 13.5. The summed E-state index contributed by atoms with van der Waals surface area (Å²) in [5.74, 6) is 3.44. The molecule has 2 N–H and O–H groups in total. The lowest BCUT2D eigenvalue weighted by Gasteiger charge is -2.25. The molecule has 1 saturated heterocycles. The Bertz CT molecular complexity index is 1290. The van der Waals surface area contributed by atoms with Gasteiger partial charge in [0.25, 0.3) is 0 Å². The molecule has 3 aromatic rings. The largest absolute Gasteiger partial charge is 0.497 e. The normalized spacial score (nSPS) is 20.5.